The Morgan fingerprint density at radius 2 is 1.83 bits per heavy atom. The molecule has 1 atom stereocenters. The van der Waals surface area contributed by atoms with Crippen LogP contribution in [-0.4, -0.2) is 18.1 Å². The van der Waals surface area contributed by atoms with Crippen LogP contribution in [0.3, 0.4) is 0 Å². The molecule has 2 heteroatoms. The lowest BCUT2D eigenvalue weighted by Gasteiger charge is -2.17. The summed E-state index contributed by atoms with van der Waals surface area (Å²) in [7, 11) is 0. The van der Waals surface area contributed by atoms with Crippen LogP contribution in [-0.2, 0) is 0 Å². The average Bonchev–Trinajstić information content (AvgIpc) is 2.10. The van der Waals surface area contributed by atoms with Crippen molar-refractivity contribution in [3.63, 3.8) is 0 Å². The molecule has 1 unspecified atom stereocenters. The van der Waals surface area contributed by atoms with Crippen molar-refractivity contribution in [2.24, 2.45) is 11.7 Å². The van der Waals surface area contributed by atoms with Gasteiger partial charge < -0.3 is 5.73 Å². The second kappa shape index (κ2) is 7.93. The summed E-state index contributed by atoms with van der Waals surface area (Å²) in [6.07, 6.45) is 7.10. The molecular formula is C10H23NS. The first-order valence-electron chi connectivity index (χ1n) is 4.99. The van der Waals surface area contributed by atoms with E-state index in [1.165, 1.54) is 31.4 Å². The molecule has 0 spiro atoms. The van der Waals surface area contributed by atoms with Crippen LogP contribution in [0.2, 0.25) is 0 Å². The largest absolute Gasteiger partial charge is 0.328 e. The van der Waals surface area contributed by atoms with E-state index in [1.54, 1.807) is 0 Å². The van der Waals surface area contributed by atoms with Gasteiger partial charge >= 0.3 is 0 Å². The fraction of sp³-hybridized carbons (Fsp3) is 1.00. The van der Waals surface area contributed by atoms with Gasteiger partial charge in [-0.05, 0) is 30.8 Å². The molecule has 12 heavy (non-hydrogen) atoms. The molecule has 0 aliphatic carbocycles. The Hall–Kier alpha value is 0.310. The summed E-state index contributed by atoms with van der Waals surface area (Å²) in [6.45, 7) is 4.52. The fourth-order valence-electron chi connectivity index (χ4n) is 1.44. The molecular weight excluding hydrogens is 166 g/mol. The quantitative estimate of drug-likeness (QED) is 0.666. The molecule has 0 rings (SSSR count). The Morgan fingerprint density at radius 1 is 1.25 bits per heavy atom. The zero-order chi connectivity index (χ0) is 9.40. The van der Waals surface area contributed by atoms with E-state index in [1.807, 2.05) is 11.8 Å². The number of nitrogens with two attached hydrogens (primary N) is 1. The predicted molar refractivity (Wildman–Crippen MR) is 59.7 cm³/mol. The Bertz CT molecular complexity index is 91.8. The zero-order valence-corrected chi connectivity index (χ0v) is 9.49. The third kappa shape index (κ3) is 5.90. The lowest BCUT2D eigenvalue weighted by Crippen LogP contribution is -2.24. The first-order valence-corrected chi connectivity index (χ1v) is 6.38. The van der Waals surface area contributed by atoms with Gasteiger partial charge in [0, 0.05) is 6.04 Å². The molecule has 0 aliphatic heterocycles. The monoisotopic (exact) mass is 189 g/mol. The highest BCUT2D eigenvalue weighted by Crippen LogP contribution is 2.16. The van der Waals surface area contributed by atoms with Gasteiger partial charge in [-0.3, -0.25) is 0 Å². The number of rotatable bonds is 7. The summed E-state index contributed by atoms with van der Waals surface area (Å²) in [5.74, 6) is 2.06. The zero-order valence-electron chi connectivity index (χ0n) is 8.68. The van der Waals surface area contributed by atoms with E-state index >= 15 is 0 Å². The number of hydrogen-bond acceptors (Lipinski definition) is 2. The maximum atomic E-state index is 6.00. The van der Waals surface area contributed by atoms with E-state index < -0.39 is 0 Å². The molecule has 0 aliphatic rings. The molecule has 0 heterocycles. The van der Waals surface area contributed by atoms with E-state index in [0.717, 1.165) is 5.92 Å². The minimum atomic E-state index is 0.433. The van der Waals surface area contributed by atoms with E-state index in [9.17, 15) is 0 Å². The van der Waals surface area contributed by atoms with Gasteiger partial charge in [0.05, 0.1) is 0 Å². The average molecular weight is 189 g/mol. The summed E-state index contributed by atoms with van der Waals surface area (Å²) in [5.41, 5.74) is 6.00. The van der Waals surface area contributed by atoms with Crippen LogP contribution in [0.4, 0.5) is 0 Å². The fourth-order valence-corrected chi connectivity index (χ4v) is 1.98. The number of hydrogen-bond donors (Lipinski definition) is 1. The molecule has 0 saturated heterocycles. The van der Waals surface area contributed by atoms with Crippen molar-refractivity contribution >= 4 is 11.8 Å². The lowest BCUT2D eigenvalue weighted by molar-refractivity contribution is 0.404. The Kier molecular flexibility index (Phi) is 8.14. The summed E-state index contributed by atoms with van der Waals surface area (Å²) in [4.78, 5) is 0. The van der Waals surface area contributed by atoms with Crippen molar-refractivity contribution in [3.8, 4) is 0 Å². The van der Waals surface area contributed by atoms with E-state index in [0.29, 0.717) is 6.04 Å². The van der Waals surface area contributed by atoms with Gasteiger partial charge in [-0.15, -0.1) is 0 Å². The SMILES string of the molecule is CCC(CC)CC(N)CCSC. The van der Waals surface area contributed by atoms with E-state index in [-0.39, 0.29) is 0 Å². The van der Waals surface area contributed by atoms with Crippen molar-refractivity contribution in [1.29, 1.82) is 0 Å². The van der Waals surface area contributed by atoms with Crippen LogP contribution in [0.1, 0.15) is 39.5 Å². The molecule has 0 fully saturated rings. The molecule has 1 nitrogen and oxygen atoms in total. The van der Waals surface area contributed by atoms with E-state index in [2.05, 4.69) is 20.1 Å². The summed E-state index contributed by atoms with van der Waals surface area (Å²) >= 11 is 1.89. The van der Waals surface area contributed by atoms with Crippen LogP contribution >= 0.6 is 11.8 Å². The molecule has 0 aromatic heterocycles. The van der Waals surface area contributed by atoms with Gasteiger partial charge in [-0.1, -0.05) is 26.7 Å². The maximum absolute atomic E-state index is 6.00. The third-order valence-electron chi connectivity index (χ3n) is 2.48. The lowest BCUT2D eigenvalue weighted by atomic mass is 9.94. The van der Waals surface area contributed by atoms with Crippen LogP contribution in [0.25, 0.3) is 0 Å². The predicted octanol–water partition coefficient (Wildman–Crippen LogP) is 2.89. The van der Waals surface area contributed by atoms with Crippen molar-refractivity contribution in [1.82, 2.24) is 0 Å². The van der Waals surface area contributed by atoms with Crippen molar-refractivity contribution in [3.05, 3.63) is 0 Å². The summed E-state index contributed by atoms with van der Waals surface area (Å²) < 4.78 is 0. The normalized spacial score (nSPS) is 13.8. The van der Waals surface area contributed by atoms with Crippen molar-refractivity contribution in [2.45, 2.75) is 45.6 Å². The van der Waals surface area contributed by atoms with Crippen molar-refractivity contribution in [2.75, 3.05) is 12.0 Å². The molecule has 0 amide bonds. The Morgan fingerprint density at radius 3 is 2.25 bits per heavy atom. The number of thioether (sulfide) groups is 1. The van der Waals surface area contributed by atoms with Gasteiger partial charge in [-0.25, -0.2) is 0 Å². The molecule has 0 aromatic carbocycles. The smallest absolute Gasteiger partial charge is 0.00493 e. The molecule has 0 aromatic rings. The van der Waals surface area contributed by atoms with Crippen LogP contribution in [0, 0.1) is 5.92 Å². The first kappa shape index (κ1) is 12.3. The van der Waals surface area contributed by atoms with Gasteiger partial charge in [-0.2, -0.15) is 11.8 Å². The first-order chi connectivity index (χ1) is 5.74. The van der Waals surface area contributed by atoms with Crippen molar-refractivity contribution < 1.29 is 0 Å². The topological polar surface area (TPSA) is 26.0 Å². The molecule has 74 valence electrons. The summed E-state index contributed by atoms with van der Waals surface area (Å²) in [5, 5.41) is 0. The standard InChI is InChI=1S/C10H23NS/c1-4-9(5-2)8-10(11)6-7-12-3/h9-10H,4-8,11H2,1-3H3. The van der Waals surface area contributed by atoms with Gasteiger partial charge in [0.25, 0.3) is 0 Å². The highest BCUT2D eigenvalue weighted by atomic mass is 32.2. The molecule has 0 bridgehead atoms. The maximum Gasteiger partial charge on any atom is 0.00493 e. The molecule has 0 saturated carbocycles. The van der Waals surface area contributed by atoms with Crippen LogP contribution in [0.5, 0.6) is 0 Å². The molecule has 0 radical (unpaired) electrons. The second-order valence-electron chi connectivity index (χ2n) is 3.46. The third-order valence-corrected chi connectivity index (χ3v) is 3.13. The highest BCUT2D eigenvalue weighted by molar-refractivity contribution is 7.98. The van der Waals surface area contributed by atoms with Gasteiger partial charge in [0.1, 0.15) is 0 Å². The van der Waals surface area contributed by atoms with Crippen LogP contribution in [0.15, 0.2) is 0 Å². The summed E-state index contributed by atoms with van der Waals surface area (Å²) in [6, 6.07) is 0.433. The molecule has 2 N–H and O–H groups in total. The van der Waals surface area contributed by atoms with Gasteiger partial charge in [0.2, 0.25) is 0 Å². The Balaban J connectivity index is 3.44. The minimum Gasteiger partial charge on any atom is -0.328 e. The Labute approximate surface area is 81.5 Å². The highest BCUT2D eigenvalue weighted by Gasteiger charge is 2.09. The van der Waals surface area contributed by atoms with E-state index in [4.69, 9.17) is 5.73 Å². The second-order valence-corrected chi connectivity index (χ2v) is 4.45. The minimum absolute atomic E-state index is 0.433. The van der Waals surface area contributed by atoms with Gasteiger partial charge in [0.15, 0.2) is 0 Å². The van der Waals surface area contributed by atoms with Crippen LogP contribution < -0.4 is 5.73 Å².